The van der Waals surface area contributed by atoms with Gasteiger partial charge in [0.15, 0.2) is 0 Å². The third kappa shape index (κ3) is 4.25. The van der Waals surface area contributed by atoms with Crippen LogP contribution in [-0.4, -0.2) is 70.8 Å². The summed E-state index contributed by atoms with van der Waals surface area (Å²) >= 11 is 0. The summed E-state index contributed by atoms with van der Waals surface area (Å²) in [5.41, 5.74) is 3.92. The number of piperazine rings is 1. The second-order valence-electron chi connectivity index (χ2n) is 9.50. The molecule has 2 aliphatic heterocycles. The summed E-state index contributed by atoms with van der Waals surface area (Å²) in [5.74, 6) is -0.435. The van der Waals surface area contributed by atoms with E-state index in [1.807, 2.05) is 18.2 Å². The number of imide groups is 1. The topological polar surface area (TPSA) is 73.0 Å². The van der Waals surface area contributed by atoms with E-state index in [2.05, 4.69) is 47.5 Å². The van der Waals surface area contributed by atoms with Crippen molar-refractivity contribution in [2.24, 2.45) is 0 Å². The van der Waals surface area contributed by atoms with Crippen molar-refractivity contribution in [3.8, 4) is 0 Å². The van der Waals surface area contributed by atoms with Crippen LogP contribution in [0.5, 0.6) is 0 Å². The summed E-state index contributed by atoms with van der Waals surface area (Å²) in [5, 5.41) is 2.92. The molecule has 2 aromatic rings. The fourth-order valence-electron chi connectivity index (χ4n) is 5.30. The van der Waals surface area contributed by atoms with Gasteiger partial charge in [0.2, 0.25) is 5.91 Å². The average Bonchev–Trinajstić information content (AvgIpc) is 3.03. The van der Waals surface area contributed by atoms with Crippen molar-refractivity contribution < 1.29 is 14.4 Å². The Hall–Kier alpha value is -3.19. The van der Waals surface area contributed by atoms with Gasteiger partial charge in [0.25, 0.3) is 5.91 Å². The van der Waals surface area contributed by atoms with Crippen molar-refractivity contribution in [1.29, 1.82) is 0 Å². The Morgan fingerprint density at radius 1 is 1.00 bits per heavy atom. The molecule has 0 aromatic heterocycles. The standard InChI is InChI=1S/C26H30N4O3/c1-19-5-4-6-20(15-19)17-28-11-13-29(14-12-28)23(31)18-30-24(32)26(27-25(30)33)10-9-21-7-2-3-8-22(21)16-26/h2-8,15H,9-14,16-18H2,1H3,(H,27,33). The summed E-state index contributed by atoms with van der Waals surface area (Å²) in [6.07, 6.45) is 1.79. The minimum absolute atomic E-state index is 0.165. The summed E-state index contributed by atoms with van der Waals surface area (Å²) in [7, 11) is 0. The van der Waals surface area contributed by atoms with Gasteiger partial charge in [-0.05, 0) is 36.5 Å². The number of carbonyl (C=O) groups excluding carboxylic acids is 3. The molecule has 0 saturated carbocycles. The molecule has 172 valence electrons. The number of aryl methyl sites for hydroxylation is 2. The van der Waals surface area contributed by atoms with E-state index >= 15 is 0 Å². The van der Waals surface area contributed by atoms with Gasteiger partial charge in [-0.1, -0.05) is 54.1 Å². The number of rotatable bonds is 4. The van der Waals surface area contributed by atoms with E-state index in [1.165, 1.54) is 16.7 Å². The zero-order valence-corrected chi connectivity index (χ0v) is 19.0. The van der Waals surface area contributed by atoms with Crippen molar-refractivity contribution in [3.05, 3.63) is 70.8 Å². The lowest BCUT2D eigenvalue weighted by molar-refractivity contribution is -0.140. The number of benzene rings is 2. The highest BCUT2D eigenvalue weighted by molar-refractivity contribution is 6.09. The average molecular weight is 447 g/mol. The third-order valence-electron chi connectivity index (χ3n) is 7.18. The predicted molar refractivity (Wildman–Crippen MR) is 124 cm³/mol. The molecule has 0 bridgehead atoms. The minimum atomic E-state index is -0.918. The highest BCUT2D eigenvalue weighted by Crippen LogP contribution is 2.33. The fraction of sp³-hybridized carbons (Fsp3) is 0.423. The van der Waals surface area contributed by atoms with Crippen molar-refractivity contribution >= 4 is 17.8 Å². The van der Waals surface area contributed by atoms with Crippen molar-refractivity contribution in [2.45, 2.75) is 38.3 Å². The van der Waals surface area contributed by atoms with E-state index in [0.29, 0.717) is 25.9 Å². The minimum Gasteiger partial charge on any atom is -0.339 e. The van der Waals surface area contributed by atoms with E-state index in [9.17, 15) is 14.4 Å². The molecular weight excluding hydrogens is 416 g/mol. The maximum Gasteiger partial charge on any atom is 0.325 e. The molecule has 1 N–H and O–H groups in total. The Morgan fingerprint density at radius 2 is 1.76 bits per heavy atom. The number of amides is 4. The smallest absolute Gasteiger partial charge is 0.325 e. The normalized spacial score (nSPS) is 23.1. The van der Waals surface area contributed by atoms with E-state index in [0.717, 1.165) is 36.5 Å². The van der Waals surface area contributed by atoms with E-state index < -0.39 is 11.6 Å². The molecule has 2 fully saturated rings. The Balaban J connectivity index is 1.18. The Bertz CT molecular complexity index is 1090. The number of carbonyl (C=O) groups is 3. The molecule has 2 saturated heterocycles. The molecule has 1 atom stereocenters. The summed E-state index contributed by atoms with van der Waals surface area (Å²) in [6.45, 7) is 5.53. The van der Waals surface area contributed by atoms with Gasteiger partial charge < -0.3 is 10.2 Å². The molecule has 1 spiro atoms. The summed E-state index contributed by atoms with van der Waals surface area (Å²) in [4.78, 5) is 44.1. The molecule has 3 aliphatic rings. The van der Waals surface area contributed by atoms with Gasteiger partial charge in [-0.2, -0.15) is 0 Å². The molecule has 2 heterocycles. The van der Waals surface area contributed by atoms with E-state index in [1.54, 1.807) is 4.90 Å². The summed E-state index contributed by atoms with van der Waals surface area (Å²) < 4.78 is 0. The number of nitrogens with zero attached hydrogens (tertiary/aromatic N) is 3. The number of hydrogen-bond donors (Lipinski definition) is 1. The SMILES string of the molecule is Cc1cccc(CN2CCN(C(=O)CN3C(=O)NC4(CCc5ccccc5C4)C3=O)CC2)c1. The van der Waals surface area contributed by atoms with Gasteiger partial charge in [0, 0.05) is 39.1 Å². The quantitative estimate of drug-likeness (QED) is 0.731. The van der Waals surface area contributed by atoms with Crippen LogP contribution in [0.15, 0.2) is 48.5 Å². The van der Waals surface area contributed by atoms with E-state index in [4.69, 9.17) is 0 Å². The van der Waals surface area contributed by atoms with Gasteiger partial charge in [-0.3, -0.25) is 19.4 Å². The highest BCUT2D eigenvalue weighted by Gasteiger charge is 2.52. The molecule has 1 aliphatic carbocycles. The third-order valence-corrected chi connectivity index (χ3v) is 7.18. The van der Waals surface area contributed by atoms with Crippen LogP contribution in [0.3, 0.4) is 0 Å². The zero-order chi connectivity index (χ0) is 23.0. The Labute approximate surface area is 194 Å². The van der Waals surface area contributed by atoms with Crippen LogP contribution in [0.25, 0.3) is 0 Å². The maximum atomic E-state index is 13.3. The van der Waals surface area contributed by atoms with Crippen molar-refractivity contribution in [3.63, 3.8) is 0 Å². The fourth-order valence-corrected chi connectivity index (χ4v) is 5.30. The van der Waals surface area contributed by atoms with Crippen molar-refractivity contribution in [1.82, 2.24) is 20.0 Å². The second-order valence-corrected chi connectivity index (χ2v) is 9.50. The molecule has 33 heavy (non-hydrogen) atoms. The van der Waals surface area contributed by atoms with Crippen LogP contribution in [0, 0.1) is 6.92 Å². The molecule has 1 unspecified atom stereocenters. The van der Waals surface area contributed by atoms with Gasteiger partial charge in [-0.25, -0.2) is 4.79 Å². The first-order valence-electron chi connectivity index (χ1n) is 11.7. The van der Waals surface area contributed by atoms with Crippen LogP contribution < -0.4 is 5.32 Å². The molecule has 0 radical (unpaired) electrons. The van der Waals surface area contributed by atoms with E-state index in [-0.39, 0.29) is 18.4 Å². The lowest BCUT2D eigenvalue weighted by Gasteiger charge is -2.35. The van der Waals surface area contributed by atoms with Gasteiger partial charge in [0.05, 0.1) is 0 Å². The number of hydrogen-bond acceptors (Lipinski definition) is 4. The number of urea groups is 1. The van der Waals surface area contributed by atoms with Crippen LogP contribution in [0.4, 0.5) is 4.79 Å². The van der Waals surface area contributed by atoms with Gasteiger partial charge in [-0.15, -0.1) is 0 Å². The predicted octanol–water partition coefficient (Wildman–Crippen LogP) is 2.12. The highest BCUT2D eigenvalue weighted by atomic mass is 16.2. The second kappa shape index (κ2) is 8.63. The lowest BCUT2D eigenvalue weighted by Crippen LogP contribution is -2.53. The summed E-state index contributed by atoms with van der Waals surface area (Å²) in [6, 6.07) is 16.1. The van der Waals surface area contributed by atoms with Gasteiger partial charge >= 0.3 is 6.03 Å². The molecule has 4 amide bonds. The lowest BCUT2D eigenvalue weighted by atomic mass is 9.78. The largest absolute Gasteiger partial charge is 0.339 e. The van der Waals surface area contributed by atoms with Crippen LogP contribution in [0.1, 0.15) is 28.7 Å². The molecule has 7 nitrogen and oxygen atoms in total. The first-order chi connectivity index (χ1) is 15.9. The molecule has 7 heteroatoms. The Kier molecular flexibility index (Phi) is 5.66. The monoisotopic (exact) mass is 446 g/mol. The van der Waals surface area contributed by atoms with Crippen LogP contribution in [-0.2, 0) is 29.0 Å². The molecule has 5 rings (SSSR count). The van der Waals surface area contributed by atoms with Crippen LogP contribution in [0.2, 0.25) is 0 Å². The Morgan fingerprint density at radius 3 is 2.52 bits per heavy atom. The zero-order valence-electron chi connectivity index (χ0n) is 19.0. The first-order valence-corrected chi connectivity index (χ1v) is 11.7. The molecular formula is C26H30N4O3. The molecule has 2 aromatic carbocycles. The first kappa shape index (κ1) is 21.6. The maximum absolute atomic E-state index is 13.3. The van der Waals surface area contributed by atoms with Gasteiger partial charge in [0.1, 0.15) is 12.1 Å². The number of nitrogens with one attached hydrogen (secondary N) is 1. The van der Waals surface area contributed by atoms with Crippen LogP contribution >= 0.6 is 0 Å². The number of fused-ring (bicyclic) bond motifs is 1. The van der Waals surface area contributed by atoms with Crippen molar-refractivity contribution in [2.75, 3.05) is 32.7 Å².